The van der Waals surface area contributed by atoms with Crippen LogP contribution in [0.4, 0.5) is 5.69 Å². The van der Waals surface area contributed by atoms with Gasteiger partial charge < -0.3 is 24.0 Å². The summed E-state index contributed by atoms with van der Waals surface area (Å²) in [4.78, 5) is 15.9. The summed E-state index contributed by atoms with van der Waals surface area (Å²) in [5, 5.41) is 14.0. The normalized spacial score (nSPS) is 20.9. The Kier molecular flexibility index (Phi) is 12.3. The molecule has 0 aliphatic carbocycles. The maximum atomic E-state index is 14.4. The molecule has 1 amide bonds. The summed E-state index contributed by atoms with van der Waals surface area (Å²) in [7, 11) is -6.41. The molecule has 1 aromatic heterocycles. The number of carbonyl (C=O) groups is 1. The minimum atomic E-state index is -4.11. The molecule has 0 radical (unpaired) electrons. The van der Waals surface area contributed by atoms with E-state index >= 15 is 0 Å². The summed E-state index contributed by atoms with van der Waals surface area (Å²) in [6.45, 7) is 8.66. The van der Waals surface area contributed by atoms with Gasteiger partial charge in [0.1, 0.15) is 11.4 Å². The highest BCUT2D eigenvalue weighted by Gasteiger charge is 2.33. The number of amides is 1. The average Bonchev–Trinajstić information content (AvgIpc) is 3.40. The summed E-state index contributed by atoms with van der Waals surface area (Å²) in [5.41, 5.74) is 0.423. The lowest BCUT2D eigenvalue weighted by Crippen LogP contribution is -2.48. The number of carbonyl (C=O) groups excluding carboxylic acids is 1. The molecule has 2 aromatic carbocycles. The smallest absolute Gasteiger partial charge is 0.267 e. The number of hydrogen-bond acceptors (Lipinski definition) is 10. The van der Waals surface area contributed by atoms with Crippen LogP contribution in [0.1, 0.15) is 61.8 Å². The maximum absolute atomic E-state index is 14.4. The molecule has 1 aliphatic rings. The van der Waals surface area contributed by atoms with Crippen molar-refractivity contribution >= 4 is 31.6 Å². The number of fused-ring (bicyclic) bond motifs is 1. The first-order chi connectivity index (χ1) is 22.6. The first-order valence-electron chi connectivity index (χ1n) is 16.0. The molecule has 0 saturated carbocycles. The number of aliphatic hydroxyl groups excluding tert-OH is 1. The van der Waals surface area contributed by atoms with E-state index in [-0.39, 0.29) is 70.0 Å². The Hall–Kier alpha value is -3.50. The van der Waals surface area contributed by atoms with Crippen LogP contribution in [0.3, 0.4) is 0 Å². The highest BCUT2D eigenvalue weighted by molar-refractivity contribution is 7.92. The van der Waals surface area contributed by atoms with Crippen LogP contribution in [0.2, 0.25) is 0 Å². The van der Waals surface area contributed by atoms with Crippen molar-refractivity contribution in [3.63, 3.8) is 0 Å². The largest absolute Gasteiger partial charge is 0.490 e. The zero-order valence-corrected chi connectivity index (χ0v) is 29.9. The Labute approximate surface area is 283 Å². The zero-order valence-electron chi connectivity index (χ0n) is 28.2. The number of anilines is 1. The van der Waals surface area contributed by atoms with E-state index in [9.17, 15) is 26.7 Å². The van der Waals surface area contributed by atoms with Gasteiger partial charge >= 0.3 is 0 Å². The van der Waals surface area contributed by atoms with E-state index in [0.29, 0.717) is 19.4 Å². The minimum Gasteiger partial charge on any atom is -0.490 e. The zero-order chi connectivity index (χ0) is 35.2. The third kappa shape index (κ3) is 8.74. The van der Waals surface area contributed by atoms with Gasteiger partial charge in [0, 0.05) is 38.3 Å². The average molecular weight is 707 g/mol. The van der Waals surface area contributed by atoms with Crippen molar-refractivity contribution in [3.05, 3.63) is 65.5 Å². The van der Waals surface area contributed by atoms with E-state index in [1.54, 1.807) is 31.2 Å². The number of nitrogens with zero attached hydrogens (tertiary/aromatic N) is 3. The molecule has 264 valence electrons. The molecule has 0 bridgehead atoms. The fraction of sp³-hybridized carbons (Fsp3) is 0.515. The van der Waals surface area contributed by atoms with E-state index < -0.39 is 38.1 Å². The molecule has 0 fully saturated rings. The van der Waals surface area contributed by atoms with E-state index in [1.807, 2.05) is 13.8 Å². The number of benzene rings is 2. The molecular formula is C33H46N4O9S2. The van der Waals surface area contributed by atoms with Crippen LogP contribution < -0.4 is 9.46 Å². The second-order valence-electron chi connectivity index (χ2n) is 12.4. The molecule has 0 unspecified atom stereocenters. The van der Waals surface area contributed by atoms with Crippen LogP contribution in [0, 0.1) is 19.8 Å². The van der Waals surface area contributed by atoms with Gasteiger partial charge in [-0.1, -0.05) is 30.3 Å². The summed E-state index contributed by atoms with van der Waals surface area (Å²) in [6, 6.07) is 12.0. The lowest BCUT2D eigenvalue weighted by Gasteiger charge is -2.35. The maximum Gasteiger partial charge on any atom is 0.267 e. The van der Waals surface area contributed by atoms with Gasteiger partial charge in [-0.25, -0.2) is 16.8 Å². The van der Waals surface area contributed by atoms with Crippen LogP contribution in [-0.2, 0) is 24.8 Å². The Balaban J connectivity index is 1.69. The highest BCUT2D eigenvalue weighted by Crippen LogP contribution is 2.30. The van der Waals surface area contributed by atoms with Gasteiger partial charge in [-0.2, -0.15) is 4.31 Å². The van der Waals surface area contributed by atoms with Gasteiger partial charge in [0.15, 0.2) is 10.7 Å². The van der Waals surface area contributed by atoms with Crippen LogP contribution in [-0.4, -0.2) is 93.8 Å². The lowest BCUT2D eigenvalue weighted by molar-refractivity contribution is -0.00833. The van der Waals surface area contributed by atoms with Crippen LogP contribution in [0.25, 0.3) is 0 Å². The number of nitrogens with one attached hydrogen (secondary N) is 1. The van der Waals surface area contributed by atoms with Crippen molar-refractivity contribution in [2.75, 3.05) is 38.1 Å². The summed E-state index contributed by atoms with van der Waals surface area (Å²) < 4.78 is 74.7. The molecule has 0 saturated heterocycles. The standard InChI is InChI=1S/C33H46N4O9S2/c1-22-19-37(23(2)21-38)33(39)29-18-27(35-47(40,41)32-25(4)34-46-26(32)5)15-16-30(29)45-24(3)12-10-11-17-44-31(22)20-36(6)48(42,43)28-13-8-7-9-14-28/h7-9,13-16,18,22-24,31,35,38H,10-12,17,19-21H2,1-6H3/t22-,23-,24-,31+/m1/s1. The fourth-order valence-corrected chi connectivity index (χ4v) is 8.22. The van der Waals surface area contributed by atoms with E-state index in [2.05, 4.69) is 9.88 Å². The molecule has 4 atom stereocenters. The topological polar surface area (TPSA) is 169 Å². The van der Waals surface area contributed by atoms with Crippen molar-refractivity contribution < 1.29 is 40.7 Å². The number of aromatic nitrogens is 1. The molecule has 2 N–H and O–H groups in total. The summed E-state index contributed by atoms with van der Waals surface area (Å²) in [5.74, 6) is -0.467. The predicted molar refractivity (Wildman–Crippen MR) is 180 cm³/mol. The second kappa shape index (κ2) is 15.8. The molecule has 48 heavy (non-hydrogen) atoms. The van der Waals surface area contributed by atoms with Gasteiger partial charge in [-0.05, 0) is 77.3 Å². The fourth-order valence-electron chi connectivity index (χ4n) is 5.64. The number of sulfonamides is 2. The van der Waals surface area contributed by atoms with Crippen molar-refractivity contribution in [2.24, 2.45) is 5.92 Å². The molecule has 3 aromatic rings. The monoisotopic (exact) mass is 706 g/mol. The van der Waals surface area contributed by atoms with Crippen molar-refractivity contribution in [3.8, 4) is 5.75 Å². The van der Waals surface area contributed by atoms with Crippen LogP contribution >= 0.6 is 0 Å². The number of aryl methyl sites for hydroxylation is 2. The summed E-state index contributed by atoms with van der Waals surface area (Å²) in [6.07, 6.45) is 1.24. The summed E-state index contributed by atoms with van der Waals surface area (Å²) >= 11 is 0. The molecule has 4 rings (SSSR count). The van der Waals surface area contributed by atoms with Gasteiger partial charge in [0.05, 0.1) is 35.3 Å². The first-order valence-corrected chi connectivity index (χ1v) is 18.9. The Morgan fingerprint density at radius 3 is 2.44 bits per heavy atom. The van der Waals surface area contributed by atoms with Gasteiger partial charge in [-0.3, -0.25) is 9.52 Å². The Bertz CT molecular complexity index is 1740. The van der Waals surface area contributed by atoms with Crippen molar-refractivity contribution in [1.29, 1.82) is 0 Å². The quantitative estimate of drug-likeness (QED) is 0.329. The number of aliphatic hydroxyl groups is 1. The SMILES string of the molecule is Cc1noc(C)c1S(=O)(=O)Nc1ccc2c(c1)C(=O)N([C@H](C)CO)C[C@@H](C)[C@H](CN(C)S(=O)(=O)c1ccccc1)OCCCC[C@@H](C)O2. The third-order valence-corrected chi connectivity index (χ3v) is 11.9. The van der Waals surface area contributed by atoms with Gasteiger partial charge in [0.25, 0.3) is 15.9 Å². The van der Waals surface area contributed by atoms with E-state index in [0.717, 1.165) is 6.42 Å². The first kappa shape index (κ1) is 37.3. The van der Waals surface area contributed by atoms with Crippen molar-refractivity contribution in [1.82, 2.24) is 14.4 Å². The number of rotatable bonds is 9. The molecule has 1 aliphatic heterocycles. The minimum absolute atomic E-state index is 0.0393. The van der Waals surface area contributed by atoms with Gasteiger partial charge in [-0.15, -0.1) is 0 Å². The van der Waals surface area contributed by atoms with E-state index in [1.165, 1.54) is 54.4 Å². The Morgan fingerprint density at radius 1 is 1.08 bits per heavy atom. The Morgan fingerprint density at radius 2 is 1.79 bits per heavy atom. The van der Waals surface area contributed by atoms with Crippen LogP contribution in [0.5, 0.6) is 5.75 Å². The number of ether oxygens (including phenoxy) is 2. The van der Waals surface area contributed by atoms with E-state index in [4.69, 9.17) is 14.0 Å². The third-order valence-electron chi connectivity index (χ3n) is 8.43. The molecule has 2 heterocycles. The molecule has 15 heteroatoms. The number of hydrogen-bond donors (Lipinski definition) is 2. The molecule has 13 nitrogen and oxygen atoms in total. The van der Waals surface area contributed by atoms with Crippen molar-refractivity contribution in [2.45, 2.75) is 81.9 Å². The lowest BCUT2D eigenvalue weighted by atomic mass is 10.0. The van der Waals surface area contributed by atoms with Gasteiger partial charge in [0.2, 0.25) is 10.0 Å². The van der Waals surface area contributed by atoms with Crippen LogP contribution in [0.15, 0.2) is 62.8 Å². The number of likely N-dealkylation sites (N-methyl/N-ethyl adjacent to an activating group) is 1. The predicted octanol–water partition coefficient (Wildman–Crippen LogP) is 4.21. The molecule has 0 spiro atoms. The molecular weight excluding hydrogens is 661 g/mol. The second-order valence-corrected chi connectivity index (χ2v) is 16.0. The highest BCUT2D eigenvalue weighted by atomic mass is 32.2.